The third kappa shape index (κ3) is 1.96. The SMILES string of the molecule is CC(N)C1(O)CCc2c(Br)cccc2C1. The quantitative estimate of drug-likeness (QED) is 0.820. The lowest BCUT2D eigenvalue weighted by Gasteiger charge is -2.37. The van der Waals surface area contributed by atoms with Crippen LogP contribution in [0, 0.1) is 0 Å². The van der Waals surface area contributed by atoms with E-state index in [4.69, 9.17) is 5.73 Å². The van der Waals surface area contributed by atoms with E-state index in [1.165, 1.54) is 11.1 Å². The van der Waals surface area contributed by atoms with Gasteiger partial charge in [-0.25, -0.2) is 0 Å². The van der Waals surface area contributed by atoms with E-state index < -0.39 is 5.60 Å². The Labute approximate surface area is 98.6 Å². The van der Waals surface area contributed by atoms with Crippen LogP contribution in [0.2, 0.25) is 0 Å². The molecule has 3 N–H and O–H groups in total. The number of hydrogen-bond acceptors (Lipinski definition) is 2. The standard InChI is InChI=1S/C12H16BrNO/c1-8(14)12(15)6-5-10-9(7-12)3-2-4-11(10)13/h2-4,8,15H,5-7,14H2,1H3. The summed E-state index contributed by atoms with van der Waals surface area (Å²) >= 11 is 3.54. The Morgan fingerprint density at radius 2 is 2.27 bits per heavy atom. The normalized spacial score (nSPS) is 27.2. The maximum atomic E-state index is 10.3. The zero-order valence-corrected chi connectivity index (χ0v) is 10.4. The first-order chi connectivity index (χ1) is 7.03. The number of aliphatic hydroxyl groups is 1. The van der Waals surface area contributed by atoms with Crippen LogP contribution in [-0.2, 0) is 12.8 Å². The number of hydrogen-bond donors (Lipinski definition) is 2. The van der Waals surface area contributed by atoms with Gasteiger partial charge < -0.3 is 10.8 Å². The van der Waals surface area contributed by atoms with Gasteiger partial charge in [-0.1, -0.05) is 28.1 Å². The molecule has 0 aliphatic heterocycles. The van der Waals surface area contributed by atoms with Crippen molar-refractivity contribution >= 4 is 15.9 Å². The minimum absolute atomic E-state index is 0.176. The Kier molecular flexibility index (Phi) is 2.88. The van der Waals surface area contributed by atoms with Crippen molar-refractivity contribution in [2.45, 2.75) is 37.8 Å². The van der Waals surface area contributed by atoms with Gasteiger partial charge in [0.25, 0.3) is 0 Å². The molecule has 0 saturated heterocycles. The van der Waals surface area contributed by atoms with Crippen LogP contribution >= 0.6 is 15.9 Å². The molecule has 15 heavy (non-hydrogen) atoms. The molecule has 3 heteroatoms. The first kappa shape index (κ1) is 11.1. The summed E-state index contributed by atoms with van der Waals surface area (Å²) in [4.78, 5) is 0. The maximum Gasteiger partial charge on any atom is 0.0838 e. The first-order valence-corrected chi connectivity index (χ1v) is 6.06. The second-order valence-electron chi connectivity index (χ2n) is 4.45. The van der Waals surface area contributed by atoms with E-state index in [0.29, 0.717) is 6.42 Å². The zero-order chi connectivity index (χ0) is 11.1. The van der Waals surface area contributed by atoms with Crippen LogP contribution < -0.4 is 5.73 Å². The van der Waals surface area contributed by atoms with E-state index in [0.717, 1.165) is 17.3 Å². The number of nitrogens with two attached hydrogens (primary N) is 1. The van der Waals surface area contributed by atoms with Gasteiger partial charge in [0, 0.05) is 16.9 Å². The molecule has 0 bridgehead atoms. The number of fused-ring (bicyclic) bond motifs is 1. The molecule has 1 aliphatic carbocycles. The molecule has 0 saturated carbocycles. The van der Waals surface area contributed by atoms with Crippen LogP contribution in [0.5, 0.6) is 0 Å². The molecule has 0 spiro atoms. The maximum absolute atomic E-state index is 10.3. The predicted molar refractivity (Wildman–Crippen MR) is 64.8 cm³/mol. The molecular formula is C12H16BrNO. The van der Waals surface area contributed by atoms with Gasteiger partial charge >= 0.3 is 0 Å². The molecule has 1 aliphatic rings. The highest BCUT2D eigenvalue weighted by Gasteiger charge is 2.35. The van der Waals surface area contributed by atoms with Crippen molar-refractivity contribution in [2.75, 3.05) is 0 Å². The van der Waals surface area contributed by atoms with Gasteiger partial charge in [0.2, 0.25) is 0 Å². The van der Waals surface area contributed by atoms with Gasteiger partial charge in [-0.2, -0.15) is 0 Å². The fraction of sp³-hybridized carbons (Fsp3) is 0.500. The van der Waals surface area contributed by atoms with Gasteiger partial charge in [0.1, 0.15) is 0 Å². The van der Waals surface area contributed by atoms with Crippen LogP contribution in [0.4, 0.5) is 0 Å². The lowest BCUT2D eigenvalue weighted by atomic mass is 9.77. The Bertz CT molecular complexity index is 378. The monoisotopic (exact) mass is 269 g/mol. The molecule has 2 rings (SSSR count). The van der Waals surface area contributed by atoms with Crippen LogP contribution in [0.15, 0.2) is 22.7 Å². The minimum Gasteiger partial charge on any atom is -0.388 e. The molecule has 1 aromatic rings. The molecular weight excluding hydrogens is 254 g/mol. The van der Waals surface area contributed by atoms with Crippen LogP contribution in [0.25, 0.3) is 0 Å². The summed E-state index contributed by atoms with van der Waals surface area (Å²) in [6.45, 7) is 1.88. The molecule has 1 aromatic carbocycles. The Hall–Kier alpha value is -0.380. The van der Waals surface area contributed by atoms with Crippen LogP contribution in [0.3, 0.4) is 0 Å². The van der Waals surface area contributed by atoms with E-state index in [1.807, 2.05) is 13.0 Å². The van der Waals surface area contributed by atoms with Crippen LogP contribution in [-0.4, -0.2) is 16.7 Å². The molecule has 2 nitrogen and oxygen atoms in total. The van der Waals surface area contributed by atoms with E-state index in [2.05, 4.69) is 28.1 Å². The van der Waals surface area contributed by atoms with Crippen molar-refractivity contribution < 1.29 is 5.11 Å². The highest BCUT2D eigenvalue weighted by Crippen LogP contribution is 2.34. The zero-order valence-electron chi connectivity index (χ0n) is 8.83. The Morgan fingerprint density at radius 1 is 1.53 bits per heavy atom. The molecule has 0 aromatic heterocycles. The highest BCUT2D eigenvalue weighted by molar-refractivity contribution is 9.10. The van der Waals surface area contributed by atoms with Crippen molar-refractivity contribution in [1.29, 1.82) is 0 Å². The molecule has 0 heterocycles. The largest absolute Gasteiger partial charge is 0.388 e. The molecule has 82 valence electrons. The van der Waals surface area contributed by atoms with Gasteiger partial charge in [-0.3, -0.25) is 0 Å². The van der Waals surface area contributed by atoms with E-state index in [-0.39, 0.29) is 6.04 Å². The summed E-state index contributed by atoms with van der Waals surface area (Å²) in [6.07, 6.45) is 2.31. The highest BCUT2D eigenvalue weighted by atomic mass is 79.9. The summed E-state index contributed by atoms with van der Waals surface area (Å²) in [5.41, 5.74) is 7.65. The Balaban J connectivity index is 2.35. The molecule has 0 fully saturated rings. The third-order valence-corrected chi connectivity index (χ3v) is 4.11. The fourth-order valence-corrected chi connectivity index (χ4v) is 2.80. The van der Waals surface area contributed by atoms with Gasteiger partial charge in [-0.05, 0) is 37.0 Å². The van der Waals surface area contributed by atoms with Gasteiger partial charge in [0.15, 0.2) is 0 Å². The molecule has 2 atom stereocenters. The van der Waals surface area contributed by atoms with Crippen molar-refractivity contribution in [3.8, 4) is 0 Å². The summed E-state index contributed by atoms with van der Waals surface area (Å²) in [6, 6.07) is 5.96. The second kappa shape index (κ2) is 3.89. The average molecular weight is 270 g/mol. The lowest BCUT2D eigenvalue weighted by Crippen LogP contribution is -2.50. The fourth-order valence-electron chi connectivity index (χ4n) is 2.20. The number of halogens is 1. The van der Waals surface area contributed by atoms with Crippen molar-refractivity contribution in [3.63, 3.8) is 0 Å². The van der Waals surface area contributed by atoms with E-state index >= 15 is 0 Å². The number of benzene rings is 1. The van der Waals surface area contributed by atoms with E-state index in [1.54, 1.807) is 0 Å². The Morgan fingerprint density at radius 3 is 2.93 bits per heavy atom. The van der Waals surface area contributed by atoms with Crippen molar-refractivity contribution in [1.82, 2.24) is 0 Å². The average Bonchev–Trinajstić information content (AvgIpc) is 2.17. The molecule has 2 unspecified atom stereocenters. The summed E-state index contributed by atoms with van der Waals surface area (Å²) < 4.78 is 1.15. The van der Waals surface area contributed by atoms with Crippen molar-refractivity contribution in [2.24, 2.45) is 5.73 Å². The topological polar surface area (TPSA) is 46.2 Å². The van der Waals surface area contributed by atoms with E-state index in [9.17, 15) is 5.11 Å². The second-order valence-corrected chi connectivity index (χ2v) is 5.30. The number of rotatable bonds is 1. The predicted octanol–water partition coefficient (Wildman–Crippen LogP) is 2.02. The minimum atomic E-state index is -0.728. The van der Waals surface area contributed by atoms with Gasteiger partial charge in [0.05, 0.1) is 5.60 Å². The van der Waals surface area contributed by atoms with Crippen LogP contribution in [0.1, 0.15) is 24.5 Å². The smallest absolute Gasteiger partial charge is 0.0838 e. The van der Waals surface area contributed by atoms with Crippen molar-refractivity contribution in [3.05, 3.63) is 33.8 Å². The molecule has 0 radical (unpaired) electrons. The van der Waals surface area contributed by atoms with Gasteiger partial charge in [-0.15, -0.1) is 0 Å². The summed E-state index contributed by atoms with van der Waals surface area (Å²) in [5, 5.41) is 10.3. The lowest BCUT2D eigenvalue weighted by molar-refractivity contribution is 0.00632. The summed E-state index contributed by atoms with van der Waals surface area (Å²) in [5.74, 6) is 0. The third-order valence-electron chi connectivity index (χ3n) is 3.37. The summed E-state index contributed by atoms with van der Waals surface area (Å²) in [7, 11) is 0. The molecule has 0 amide bonds. The first-order valence-electron chi connectivity index (χ1n) is 5.27.